The van der Waals surface area contributed by atoms with Gasteiger partial charge in [0.25, 0.3) is 0 Å². The Bertz CT molecular complexity index is 673. The van der Waals surface area contributed by atoms with Crippen molar-refractivity contribution in [3.8, 4) is 0 Å². The van der Waals surface area contributed by atoms with Gasteiger partial charge < -0.3 is 4.90 Å². The van der Waals surface area contributed by atoms with Gasteiger partial charge in [-0.25, -0.2) is 0 Å². The molecule has 1 nitrogen and oxygen atoms in total. The van der Waals surface area contributed by atoms with Crippen LogP contribution in [-0.4, -0.2) is 25.0 Å². The molecule has 0 saturated carbocycles. The summed E-state index contributed by atoms with van der Waals surface area (Å²) in [5.41, 5.74) is 7.68. The Hall–Kier alpha value is -1.60. The van der Waals surface area contributed by atoms with Crippen LogP contribution in [0.1, 0.15) is 46.1 Å². The van der Waals surface area contributed by atoms with E-state index < -0.39 is 0 Å². The Kier molecular flexibility index (Phi) is 3.11. The van der Waals surface area contributed by atoms with Crippen molar-refractivity contribution in [2.75, 3.05) is 20.1 Å². The summed E-state index contributed by atoms with van der Waals surface area (Å²) in [6.07, 6.45) is 2.38. The molecule has 0 spiro atoms. The lowest BCUT2D eigenvalue weighted by atomic mass is 9.76. The molecule has 1 heterocycles. The molecular weight excluding hydrogens is 254 g/mol. The molecule has 1 saturated heterocycles. The van der Waals surface area contributed by atoms with Crippen LogP contribution in [0.3, 0.4) is 0 Å². The van der Waals surface area contributed by atoms with Crippen LogP contribution in [0, 0.1) is 6.92 Å². The van der Waals surface area contributed by atoms with Crippen molar-refractivity contribution in [1.82, 2.24) is 4.90 Å². The zero-order chi connectivity index (χ0) is 14.4. The number of likely N-dealkylation sites (tertiary alicyclic amines) is 1. The molecule has 2 aliphatic rings. The third-order valence-corrected chi connectivity index (χ3v) is 5.35. The zero-order valence-electron chi connectivity index (χ0n) is 13.0. The molecule has 108 valence electrons. The third-order valence-electron chi connectivity index (χ3n) is 5.35. The number of aryl methyl sites for hydroxylation is 1. The Morgan fingerprint density at radius 1 is 0.952 bits per heavy atom. The SMILES string of the molecule is Cc1ccc2c(c1)[C@H]1CCN(C)C[C@@H]1c1ccccc1C2. The molecule has 1 fully saturated rings. The van der Waals surface area contributed by atoms with E-state index >= 15 is 0 Å². The van der Waals surface area contributed by atoms with Gasteiger partial charge in [-0.3, -0.25) is 0 Å². The molecule has 1 heteroatoms. The van der Waals surface area contributed by atoms with Gasteiger partial charge >= 0.3 is 0 Å². The number of piperidine rings is 1. The average Bonchev–Trinajstić information content (AvgIpc) is 2.62. The molecule has 2 aromatic carbocycles. The number of hydrogen-bond acceptors (Lipinski definition) is 1. The number of fused-ring (bicyclic) bond motifs is 5. The molecule has 0 radical (unpaired) electrons. The van der Waals surface area contributed by atoms with Crippen LogP contribution >= 0.6 is 0 Å². The van der Waals surface area contributed by atoms with Gasteiger partial charge in [-0.05, 0) is 61.5 Å². The summed E-state index contributed by atoms with van der Waals surface area (Å²) in [6, 6.07) is 16.2. The molecular formula is C20H23N. The normalized spacial score (nSPS) is 24.7. The molecule has 2 atom stereocenters. The summed E-state index contributed by atoms with van der Waals surface area (Å²) in [5, 5.41) is 0. The van der Waals surface area contributed by atoms with E-state index in [1.807, 2.05) is 0 Å². The highest BCUT2D eigenvalue weighted by atomic mass is 15.1. The number of rotatable bonds is 0. The van der Waals surface area contributed by atoms with Gasteiger partial charge in [0.2, 0.25) is 0 Å². The van der Waals surface area contributed by atoms with Gasteiger partial charge in [0, 0.05) is 12.5 Å². The zero-order valence-corrected chi connectivity index (χ0v) is 13.0. The standard InChI is InChI=1S/C20H23N/c1-14-7-8-16-12-15-5-3-4-6-17(15)20-13-21(2)10-9-18(20)19(16)11-14/h3-8,11,18,20H,9-10,12-13H2,1-2H3/t18-,20-/m1/s1. The highest BCUT2D eigenvalue weighted by Crippen LogP contribution is 2.45. The largest absolute Gasteiger partial charge is 0.306 e. The molecule has 1 aliphatic heterocycles. The molecule has 1 aliphatic carbocycles. The Labute approximate surface area is 127 Å². The van der Waals surface area contributed by atoms with Gasteiger partial charge in [-0.1, -0.05) is 48.0 Å². The summed E-state index contributed by atoms with van der Waals surface area (Å²) in [5.74, 6) is 1.35. The van der Waals surface area contributed by atoms with Crippen molar-refractivity contribution in [2.24, 2.45) is 0 Å². The minimum absolute atomic E-state index is 0.656. The van der Waals surface area contributed by atoms with E-state index in [1.165, 1.54) is 30.6 Å². The summed E-state index contributed by atoms with van der Waals surface area (Å²) in [4.78, 5) is 2.50. The van der Waals surface area contributed by atoms with Crippen LogP contribution in [0.5, 0.6) is 0 Å². The number of likely N-dealkylation sites (N-methyl/N-ethyl adjacent to an activating group) is 1. The highest BCUT2D eigenvalue weighted by Gasteiger charge is 2.34. The van der Waals surface area contributed by atoms with Gasteiger partial charge in [0.15, 0.2) is 0 Å². The second-order valence-corrected chi connectivity index (χ2v) is 6.84. The van der Waals surface area contributed by atoms with Gasteiger partial charge in [0.1, 0.15) is 0 Å². The van der Waals surface area contributed by atoms with Gasteiger partial charge in [0.05, 0.1) is 0 Å². The first kappa shape index (κ1) is 13.1. The van der Waals surface area contributed by atoms with Crippen LogP contribution in [-0.2, 0) is 6.42 Å². The van der Waals surface area contributed by atoms with E-state index in [-0.39, 0.29) is 0 Å². The minimum atomic E-state index is 0.656. The summed E-state index contributed by atoms with van der Waals surface area (Å²) >= 11 is 0. The van der Waals surface area contributed by atoms with Crippen molar-refractivity contribution in [1.29, 1.82) is 0 Å². The molecule has 0 bridgehead atoms. The molecule has 21 heavy (non-hydrogen) atoms. The maximum Gasteiger partial charge on any atom is 0.00532 e. The van der Waals surface area contributed by atoms with Crippen molar-refractivity contribution < 1.29 is 0 Å². The monoisotopic (exact) mass is 277 g/mol. The molecule has 0 aromatic heterocycles. The fourth-order valence-corrected chi connectivity index (χ4v) is 4.28. The molecule has 4 rings (SSSR count). The molecule has 0 unspecified atom stereocenters. The predicted molar refractivity (Wildman–Crippen MR) is 88.0 cm³/mol. The fourth-order valence-electron chi connectivity index (χ4n) is 4.28. The van der Waals surface area contributed by atoms with Crippen molar-refractivity contribution >= 4 is 0 Å². The topological polar surface area (TPSA) is 3.24 Å². The smallest absolute Gasteiger partial charge is 0.00532 e. The Morgan fingerprint density at radius 3 is 2.67 bits per heavy atom. The fraction of sp³-hybridized carbons (Fsp3) is 0.400. The van der Waals surface area contributed by atoms with Crippen LogP contribution < -0.4 is 0 Å². The first-order chi connectivity index (χ1) is 10.2. The van der Waals surface area contributed by atoms with Gasteiger partial charge in [-0.15, -0.1) is 0 Å². The van der Waals surface area contributed by atoms with E-state index in [1.54, 1.807) is 16.7 Å². The highest BCUT2D eigenvalue weighted by molar-refractivity contribution is 5.47. The summed E-state index contributed by atoms with van der Waals surface area (Å²) < 4.78 is 0. The lowest BCUT2D eigenvalue weighted by Gasteiger charge is -2.37. The minimum Gasteiger partial charge on any atom is -0.306 e. The third kappa shape index (κ3) is 2.20. The Balaban J connectivity index is 1.91. The predicted octanol–water partition coefficient (Wildman–Crippen LogP) is 4.10. The first-order valence-electron chi connectivity index (χ1n) is 8.08. The van der Waals surface area contributed by atoms with Crippen molar-refractivity contribution in [2.45, 2.75) is 31.6 Å². The van der Waals surface area contributed by atoms with E-state index in [0.717, 1.165) is 6.42 Å². The van der Waals surface area contributed by atoms with Crippen LogP contribution in [0.4, 0.5) is 0 Å². The van der Waals surface area contributed by atoms with E-state index in [2.05, 4.69) is 61.3 Å². The molecule has 2 aromatic rings. The van der Waals surface area contributed by atoms with E-state index in [0.29, 0.717) is 11.8 Å². The van der Waals surface area contributed by atoms with E-state index in [4.69, 9.17) is 0 Å². The second kappa shape index (κ2) is 4.99. The van der Waals surface area contributed by atoms with Crippen LogP contribution in [0.25, 0.3) is 0 Å². The average molecular weight is 277 g/mol. The lowest BCUT2D eigenvalue weighted by Crippen LogP contribution is -2.35. The number of nitrogens with zero attached hydrogens (tertiary/aromatic N) is 1. The van der Waals surface area contributed by atoms with Crippen molar-refractivity contribution in [3.05, 3.63) is 70.3 Å². The van der Waals surface area contributed by atoms with Crippen molar-refractivity contribution in [3.63, 3.8) is 0 Å². The summed E-state index contributed by atoms with van der Waals surface area (Å²) in [7, 11) is 2.26. The summed E-state index contributed by atoms with van der Waals surface area (Å²) in [6.45, 7) is 4.63. The Morgan fingerprint density at radius 2 is 1.76 bits per heavy atom. The number of hydrogen-bond donors (Lipinski definition) is 0. The maximum atomic E-state index is 2.50. The van der Waals surface area contributed by atoms with E-state index in [9.17, 15) is 0 Å². The molecule has 0 amide bonds. The first-order valence-corrected chi connectivity index (χ1v) is 8.08. The number of benzene rings is 2. The van der Waals surface area contributed by atoms with Gasteiger partial charge in [-0.2, -0.15) is 0 Å². The lowest BCUT2D eigenvalue weighted by molar-refractivity contribution is 0.227. The van der Waals surface area contributed by atoms with Crippen LogP contribution in [0.2, 0.25) is 0 Å². The maximum absolute atomic E-state index is 2.50. The van der Waals surface area contributed by atoms with Crippen LogP contribution in [0.15, 0.2) is 42.5 Å². The quantitative estimate of drug-likeness (QED) is 0.700. The molecule has 0 N–H and O–H groups in total. The second-order valence-electron chi connectivity index (χ2n) is 6.84.